The van der Waals surface area contributed by atoms with Gasteiger partial charge in [0.1, 0.15) is 12.6 Å². The van der Waals surface area contributed by atoms with E-state index in [0.29, 0.717) is 16.3 Å². The van der Waals surface area contributed by atoms with Crippen molar-refractivity contribution < 1.29 is 18.0 Å². The number of aryl methyl sites for hydroxylation is 3. The first kappa shape index (κ1) is 28.2. The summed E-state index contributed by atoms with van der Waals surface area (Å²) >= 11 is 6.35. The molecule has 0 spiro atoms. The maximum Gasteiger partial charge on any atom is 0.264 e. The van der Waals surface area contributed by atoms with E-state index in [1.807, 2.05) is 26.8 Å². The summed E-state index contributed by atoms with van der Waals surface area (Å²) in [6.45, 7) is 6.83. The van der Waals surface area contributed by atoms with E-state index in [0.717, 1.165) is 21.0 Å². The molecular weight excluding hydrogens is 510 g/mol. The second-order valence-corrected chi connectivity index (χ2v) is 11.3. The van der Waals surface area contributed by atoms with Crippen LogP contribution in [0, 0.1) is 20.8 Å². The highest BCUT2D eigenvalue weighted by atomic mass is 35.5. The van der Waals surface area contributed by atoms with Gasteiger partial charge in [0.15, 0.2) is 0 Å². The molecule has 3 aromatic carbocycles. The van der Waals surface area contributed by atoms with Crippen molar-refractivity contribution in [2.75, 3.05) is 17.9 Å². The molecule has 3 aromatic rings. The number of nitrogens with zero attached hydrogens (tertiary/aromatic N) is 2. The second-order valence-electron chi connectivity index (χ2n) is 9.00. The molecule has 0 radical (unpaired) electrons. The highest BCUT2D eigenvalue weighted by Crippen LogP contribution is 2.27. The van der Waals surface area contributed by atoms with Gasteiger partial charge in [-0.25, -0.2) is 8.42 Å². The van der Waals surface area contributed by atoms with Gasteiger partial charge >= 0.3 is 0 Å². The van der Waals surface area contributed by atoms with Gasteiger partial charge in [0.25, 0.3) is 10.0 Å². The first-order valence-corrected chi connectivity index (χ1v) is 13.7. The lowest BCUT2D eigenvalue weighted by Crippen LogP contribution is -2.50. The standard InChI is InChI=1S/C28H32ClN3O4S/c1-19-10-14-25(15-11-19)37(35,36)32(24-13-12-20(2)21(3)16-24)18-27(33)31(22(4)28(34)30-5)17-23-8-6-7-9-26(23)29/h6-16,22H,17-18H2,1-5H3,(H,30,34). The van der Waals surface area contributed by atoms with E-state index >= 15 is 0 Å². The largest absolute Gasteiger partial charge is 0.357 e. The Hall–Kier alpha value is -3.36. The van der Waals surface area contributed by atoms with E-state index < -0.39 is 28.5 Å². The van der Waals surface area contributed by atoms with E-state index in [4.69, 9.17) is 11.6 Å². The van der Waals surface area contributed by atoms with Gasteiger partial charge < -0.3 is 10.2 Å². The normalized spacial score (nSPS) is 12.1. The SMILES string of the molecule is CNC(=O)C(C)N(Cc1ccccc1Cl)C(=O)CN(c1ccc(C)c(C)c1)S(=O)(=O)c1ccc(C)cc1. The number of anilines is 1. The van der Waals surface area contributed by atoms with Crippen molar-refractivity contribution >= 4 is 39.1 Å². The zero-order valence-electron chi connectivity index (χ0n) is 21.7. The van der Waals surface area contributed by atoms with Crippen LogP contribution in [-0.4, -0.2) is 44.8 Å². The average Bonchev–Trinajstić information content (AvgIpc) is 2.87. The third kappa shape index (κ3) is 6.50. The van der Waals surface area contributed by atoms with E-state index in [9.17, 15) is 18.0 Å². The Morgan fingerprint density at radius 3 is 2.19 bits per heavy atom. The molecule has 0 aliphatic rings. The summed E-state index contributed by atoms with van der Waals surface area (Å²) in [4.78, 5) is 27.8. The Balaban J connectivity index is 2.07. The van der Waals surface area contributed by atoms with Gasteiger partial charge in [-0.2, -0.15) is 0 Å². The molecule has 0 aliphatic heterocycles. The van der Waals surface area contributed by atoms with Crippen LogP contribution in [0.3, 0.4) is 0 Å². The fourth-order valence-electron chi connectivity index (χ4n) is 3.85. The Morgan fingerprint density at radius 2 is 1.59 bits per heavy atom. The number of carbonyl (C=O) groups is 2. The van der Waals surface area contributed by atoms with Crippen LogP contribution in [0.25, 0.3) is 0 Å². The Labute approximate surface area is 224 Å². The minimum Gasteiger partial charge on any atom is -0.357 e. The number of sulfonamides is 1. The second kappa shape index (κ2) is 11.8. The topological polar surface area (TPSA) is 86.8 Å². The van der Waals surface area contributed by atoms with Crippen LogP contribution in [0.5, 0.6) is 0 Å². The fourth-order valence-corrected chi connectivity index (χ4v) is 5.45. The molecule has 0 aromatic heterocycles. The predicted molar refractivity (Wildman–Crippen MR) is 147 cm³/mol. The minimum absolute atomic E-state index is 0.0401. The highest BCUT2D eigenvalue weighted by molar-refractivity contribution is 7.92. The minimum atomic E-state index is -4.10. The number of nitrogens with one attached hydrogen (secondary N) is 1. The maximum atomic E-state index is 13.8. The van der Waals surface area contributed by atoms with Crippen LogP contribution in [-0.2, 0) is 26.2 Å². The van der Waals surface area contributed by atoms with Gasteiger partial charge in [0.05, 0.1) is 10.6 Å². The van der Waals surface area contributed by atoms with Gasteiger partial charge in [-0.3, -0.25) is 13.9 Å². The van der Waals surface area contributed by atoms with E-state index in [-0.39, 0.29) is 17.3 Å². The molecule has 0 bridgehead atoms. The number of halogens is 1. The van der Waals surface area contributed by atoms with E-state index in [2.05, 4.69) is 5.32 Å². The van der Waals surface area contributed by atoms with E-state index in [1.54, 1.807) is 55.5 Å². The number of carbonyl (C=O) groups excluding carboxylic acids is 2. The summed E-state index contributed by atoms with van der Waals surface area (Å²) in [6, 6.07) is 17.9. The van der Waals surface area contributed by atoms with Crippen LogP contribution in [0.2, 0.25) is 5.02 Å². The molecule has 1 atom stereocenters. The smallest absolute Gasteiger partial charge is 0.264 e. The Bertz CT molecular complexity index is 1390. The van der Waals surface area contributed by atoms with Crippen LogP contribution >= 0.6 is 11.6 Å². The number of rotatable bonds is 9. The number of hydrogen-bond donors (Lipinski definition) is 1. The summed E-state index contributed by atoms with van der Waals surface area (Å²) in [5, 5.41) is 3.01. The third-order valence-corrected chi connectivity index (χ3v) is 8.54. The molecule has 37 heavy (non-hydrogen) atoms. The molecule has 2 amide bonds. The van der Waals surface area contributed by atoms with Crippen molar-refractivity contribution in [1.29, 1.82) is 0 Å². The van der Waals surface area contributed by atoms with Crippen LogP contribution in [0.4, 0.5) is 5.69 Å². The third-order valence-electron chi connectivity index (χ3n) is 6.38. The van der Waals surface area contributed by atoms with Crippen molar-refractivity contribution in [3.05, 3.63) is 94.0 Å². The number of likely N-dealkylation sites (N-methyl/N-ethyl adjacent to an activating group) is 1. The molecule has 0 saturated heterocycles. The maximum absolute atomic E-state index is 13.8. The molecule has 0 saturated carbocycles. The van der Waals surface area contributed by atoms with Crippen LogP contribution in [0.1, 0.15) is 29.2 Å². The lowest BCUT2D eigenvalue weighted by molar-refractivity contribution is -0.139. The van der Waals surface area contributed by atoms with Crippen LogP contribution < -0.4 is 9.62 Å². The zero-order chi connectivity index (χ0) is 27.3. The fraction of sp³-hybridized carbons (Fsp3) is 0.286. The predicted octanol–water partition coefficient (Wildman–Crippen LogP) is 4.62. The van der Waals surface area contributed by atoms with Gasteiger partial charge in [0, 0.05) is 18.6 Å². The lowest BCUT2D eigenvalue weighted by atomic mass is 10.1. The van der Waals surface area contributed by atoms with Crippen molar-refractivity contribution in [2.24, 2.45) is 0 Å². The molecular formula is C28H32ClN3O4S. The Morgan fingerprint density at radius 1 is 0.946 bits per heavy atom. The molecule has 9 heteroatoms. The Kier molecular flexibility index (Phi) is 8.99. The number of benzene rings is 3. The molecule has 7 nitrogen and oxygen atoms in total. The summed E-state index contributed by atoms with van der Waals surface area (Å²) in [7, 11) is -2.62. The quantitative estimate of drug-likeness (QED) is 0.428. The zero-order valence-corrected chi connectivity index (χ0v) is 23.2. The van der Waals surface area contributed by atoms with Gasteiger partial charge in [-0.05, 0) is 74.7 Å². The molecule has 0 heterocycles. The van der Waals surface area contributed by atoms with Gasteiger partial charge in [-0.1, -0.05) is 53.6 Å². The van der Waals surface area contributed by atoms with Crippen molar-refractivity contribution in [1.82, 2.24) is 10.2 Å². The molecule has 1 unspecified atom stereocenters. The summed E-state index contributed by atoms with van der Waals surface area (Å²) in [6.07, 6.45) is 0. The molecule has 0 fully saturated rings. The first-order valence-electron chi connectivity index (χ1n) is 11.9. The molecule has 0 aliphatic carbocycles. The molecule has 196 valence electrons. The monoisotopic (exact) mass is 541 g/mol. The van der Waals surface area contributed by atoms with Gasteiger partial charge in [0.2, 0.25) is 11.8 Å². The molecule has 3 rings (SSSR count). The van der Waals surface area contributed by atoms with Gasteiger partial charge in [-0.15, -0.1) is 0 Å². The summed E-state index contributed by atoms with van der Waals surface area (Å²) < 4.78 is 28.8. The summed E-state index contributed by atoms with van der Waals surface area (Å²) in [5.74, 6) is -0.913. The highest BCUT2D eigenvalue weighted by Gasteiger charge is 2.32. The van der Waals surface area contributed by atoms with Crippen LogP contribution in [0.15, 0.2) is 71.6 Å². The number of hydrogen-bond acceptors (Lipinski definition) is 4. The van der Waals surface area contributed by atoms with Crippen molar-refractivity contribution in [2.45, 2.75) is 45.2 Å². The number of amides is 2. The lowest BCUT2D eigenvalue weighted by Gasteiger charge is -2.32. The van der Waals surface area contributed by atoms with E-state index in [1.165, 1.54) is 24.1 Å². The molecule has 1 N–H and O–H groups in total. The van der Waals surface area contributed by atoms with Crippen molar-refractivity contribution in [3.8, 4) is 0 Å². The van der Waals surface area contributed by atoms with Crippen molar-refractivity contribution in [3.63, 3.8) is 0 Å². The first-order chi connectivity index (χ1) is 17.4. The summed E-state index contributed by atoms with van der Waals surface area (Å²) in [5.41, 5.74) is 3.81. The average molecular weight is 542 g/mol.